The number of carbonyl (C=O) groups is 2. The highest BCUT2D eigenvalue weighted by Gasteiger charge is 2.45. The fourth-order valence-corrected chi connectivity index (χ4v) is 0.798. The lowest BCUT2D eigenvalue weighted by atomic mass is 10.00. The number of hydrogen-bond donors (Lipinski definition) is 1. The number of Topliss-reactive ketones (excluding diaryl/α,β-unsaturated/α-hetero) is 1. The molecule has 84 valence electrons. The largest absolute Gasteiger partial charge is 0.481 e. The molecule has 0 aromatic rings. The fourth-order valence-electron chi connectivity index (χ4n) is 0.798. The molecule has 0 saturated carbocycles. The quantitative estimate of drug-likeness (QED) is 0.435. The maximum Gasteiger partial charge on any atom is 0.399 e. The Morgan fingerprint density at radius 3 is 2.33 bits per heavy atom. The lowest BCUT2D eigenvalue weighted by Gasteiger charge is -2.15. The Morgan fingerprint density at radius 1 is 1.47 bits per heavy atom. The van der Waals surface area contributed by atoms with Crippen LogP contribution in [0.25, 0.3) is 10.4 Å². The number of nitrogens with zero attached hydrogens (tertiary/aromatic N) is 3. The van der Waals surface area contributed by atoms with Crippen LogP contribution in [-0.4, -0.2) is 29.6 Å². The van der Waals surface area contributed by atoms with Crippen molar-refractivity contribution in [2.75, 3.05) is 6.54 Å². The van der Waals surface area contributed by atoms with Crippen molar-refractivity contribution in [3.05, 3.63) is 10.4 Å². The molecule has 0 spiro atoms. The summed E-state index contributed by atoms with van der Waals surface area (Å²) in [5.74, 6) is -5.82. The summed E-state index contributed by atoms with van der Waals surface area (Å²) in [5.41, 5.74) is 7.79. The summed E-state index contributed by atoms with van der Waals surface area (Å²) in [6, 6.07) is 0. The Morgan fingerprint density at radius 2 is 2.00 bits per heavy atom. The molecule has 0 heterocycles. The van der Waals surface area contributed by atoms with E-state index in [2.05, 4.69) is 10.0 Å². The van der Waals surface area contributed by atoms with Crippen LogP contribution >= 0.6 is 0 Å². The van der Waals surface area contributed by atoms with Gasteiger partial charge in [0.15, 0.2) is 5.78 Å². The number of halogens is 3. The van der Waals surface area contributed by atoms with Crippen LogP contribution in [0.1, 0.15) is 6.42 Å². The molecule has 15 heavy (non-hydrogen) atoms. The summed E-state index contributed by atoms with van der Waals surface area (Å²) < 4.78 is 36.4. The third-order valence-corrected chi connectivity index (χ3v) is 1.45. The van der Waals surface area contributed by atoms with Crippen molar-refractivity contribution in [3.63, 3.8) is 0 Å². The lowest BCUT2D eigenvalue weighted by Crippen LogP contribution is -2.34. The first kappa shape index (κ1) is 13.2. The Bertz CT molecular complexity index is 308. The van der Waals surface area contributed by atoms with E-state index < -0.39 is 36.8 Å². The van der Waals surface area contributed by atoms with Crippen LogP contribution in [0.5, 0.6) is 0 Å². The fraction of sp³-hybridized carbons (Fsp3) is 0.667. The summed E-state index contributed by atoms with van der Waals surface area (Å²) in [7, 11) is 0. The van der Waals surface area contributed by atoms with Crippen LogP contribution in [0.2, 0.25) is 0 Å². The first-order chi connectivity index (χ1) is 6.79. The van der Waals surface area contributed by atoms with Crippen LogP contribution in [0.15, 0.2) is 5.11 Å². The average molecular weight is 225 g/mol. The highest BCUT2D eigenvalue weighted by Crippen LogP contribution is 2.29. The monoisotopic (exact) mass is 225 g/mol. The third-order valence-electron chi connectivity index (χ3n) is 1.45. The number of carboxylic acid groups (broad SMARTS) is 1. The van der Waals surface area contributed by atoms with Crippen LogP contribution in [0.3, 0.4) is 0 Å². The van der Waals surface area contributed by atoms with Gasteiger partial charge in [-0.15, -0.1) is 0 Å². The number of azide groups is 1. The molecule has 0 aliphatic carbocycles. The molecule has 0 aromatic heterocycles. The summed E-state index contributed by atoms with van der Waals surface area (Å²) in [5, 5.41) is 10.8. The molecule has 1 atom stereocenters. The van der Waals surface area contributed by atoms with E-state index in [9.17, 15) is 22.8 Å². The molecule has 0 amide bonds. The smallest absolute Gasteiger partial charge is 0.399 e. The highest BCUT2D eigenvalue weighted by molar-refractivity contribution is 5.87. The third kappa shape index (κ3) is 4.87. The second-order valence-corrected chi connectivity index (χ2v) is 2.55. The van der Waals surface area contributed by atoms with Gasteiger partial charge in [-0.25, -0.2) is 0 Å². The summed E-state index contributed by atoms with van der Waals surface area (Å²) in [6.45, 7) is -1.01. The van der Waals surface area contributed by atoms with E-state index in [0.29, 0.717) is 0 Å². The van der Waals surface area contributed by atoms with E-state index >= 15 is 0 Å². The number of ketones is 1. The van der Waals surface area contributed by atoms with Gasteiger partial charge >= 0.3 is 12.1 Å². The Labute approximate surface area is 81.3 Å². The van der Waals surface area contributed by atoms with Gasteiger partial charge in [0, 0.05) is 4.91 Å². The molecule has 0 saturated heterocycles. The number of carbonyl (C=O) groups excluding carboxylic acids is 1. The van der Waals surface area contributed by atoms with Crippen molar-refractivity contribution in [2.45, 2.75) is 12.6 Å². The van der Waals surface area contributed by atoms with E-state index in [4.69, 9.17) is 10.6 Å². The summed E-state index contributed by atoms with van der Waals surface area (Å²) in [4.78, 5) is 23.0. The van der Waals surface area contributed by atoms with Crippen molar-refractivity contribution >= 4 is 11.8 Å². The minimum atomic E-state index is -4.94. The van der Waals surface area contributed by atoms with Crippen LogP contribution in [-0.2, 0) is 9.59 Å². The molecule has 0 fully saturated rings. The molecular formula is C6H6F3N3O3. The maximum atomic E-state index is 12.1. The zero-order chi connectivity index (χ0) is 12.1. The molecule has 0 radical (unpaired) electrons. The molecule has 0 aliphatic rings. The number of hydrogen-bond acceptors (Lipinski definition) is 3. The van der Waals surface area contributed by atoms with Gasteiger partial charge in [0.25, 0.3) is 0 Å². The molecule has 1 unspecified atom stereocenters. The SMILES string of the molecule is [N-]=[N+]=NCC(=O)C(CC(=O)O)C(F)(F)F. The van der Waals surface area contributed by atoms with E-state index in [-0.39, 0.29) is 0 Å². The van der Waals surface area contributed by atoms with Crippen LogP contribution in [0.4, 0.5) is 13.2 Å². The lowest BCUT2D eigenvalue weighted by molar-refractivity contribution is -0.186. The summed E-state index contributed by atoms with van der Waals surface area (Å²) in [6.07, 6.45) is -6.30. The normalized spacial score (nSPS) is 12.7. The van der Waals surface area contributed by atoms with Gasteiger partial charge in [0.2, 0.25) is 0 Å². The summed E-state index contributed by atoms with van der Waals surface area (Å²) >= 11 is 0. The van der Waals surface area contributed by atoms with Gasteiger partial charge in [0.1, 0.15) is 5.92 Å². The number of aliphatic carboxylic acids is 1. The van der Waals surface area contributed by atoms with Gasteiger partial charge in [-0.2, -0.15) is 13.2 Å². The number of carboxylic acids is 1. The van der Waals surface area contributed by atoms with Crippen molar-refractivity contribution in [1.82, 2.24) is 0 Å². The Hall–Kier alpha value is -1.76. The molecular weight excluding hydrogens is 219 g/mol. The first-order valence-corrected chi connectivity index (χ1v) is 3.61. The highest BCUT2D eigenvalue weighted by atomic mass is 19.4. The molecule has 1 N–H and O–H groups in total. The van der Waals surface area contributed by atoms with Gasteiger partial charge in [-0.05, 0) is 5.53 Å². The van der Waals surface area contributed by atoms with Gasteiger partial charge in [0.05, 0.1) is 13.0 Å². The van der Waals surface area contributed by atoms with Crippen molar-refractivity contribution in [1.29, 1.82) is 0 Å². The molecule has 0 aliphatic heterocycles. The zero-order valence-corrected chi connectivity index (χ0v) is 7.23. The Balaban J connectivity index is 4.70. The van der Waals surface area contributed by atoms with E-state index in [1.165, 1.54) is 0 Å². The van der Waals surface area contributed by atoms with Crippen LogP contribution in [0, 0.1) is 5.92 Å². The second kappa shape index (κ2) is 5.20. The Kier molecular flexibility index (Phi) is 4.59. The predicted octanol–water partition coefficient (Wildman–Crippen LogP) is 1.52. The van der Waals surface area contributed by atoms with E-state index in [1.807, 2.05) is 0 Å². The van der Waals surface area contributed by atoms with E-state index in [0.717, 1.165) is 0 Å². The molecule has 0 bridgehead atoms. The molecule has 9 heteroatoms. The first-order valence-electron chi connectivity index (χ1n) is 3.61. The number of rotatable bonds is 5. The van der Waals surface area contributed by atoms with Crippen molar-refractivity contribution in [2.24, 2.45) is 11.0 Å². The molecule has 0 rings (SSSR count). The minimum absolute atomic E-state index is 1.01. The molecule has 0 aromatic carbocycles. The van der Waals surface area contributed by atoms with Gasteiger partial charge < -0.3 is 5.11 Å². The van der Waals surface area contributed by atoms with Crippen LogP contribution < -0.4 is 0 Å². The van der Waals surface area contributed by atoms with E-state index in [1.54, 1.807) is 0 Å². The maximum absolute atomic E-state index is 12.1. The van der Waals surface area contributed by atoms with Crippen molar-refractivity contribution < 1.29 is 27.9 Å². The predicted molar refractivity (Wildman–Crippen MR) is 40.8 cm³/mol. The topological polar surface area (TPSA) is 103 Å². The minimum Gasteiger partial charge on any atom is -0.481 e. The van der Waals surface area contributed by atoms with Crippen molar-refractivity contribution in [3.8, 4) is 0 Å². The van der Waals surface area contributed by atoms with Gasteiger partial charge in [-0.1, -0.05) is 5.11 Å². The number of alkyl halides is 3. The van der Waals surface area contributed by atoms with Gasteiger partial charge in [-0.3, -0.25) is 9.59 Å². The second-order valence-electron chi connectivity index (χ2n) is 2.55. The zero-order valence-electron chi connectivity index (χ0n) is 7.23. The molecule has 6 nitrogen and oxygen atoms in total. The average Bonchev–Trinajstić information content (AvgIpc) is 2.08. The standard InChI is InChI=1S/C6H6F3N3O3/c7-6(8,9)3(1-5(14)15)4(13)2-11-12-10/h3H,1-2H2,(H,14,15).